The molecule has 1 unspecified atom stereocenters. The van der Waals surface area contributed by atoms with E-state index >= 15 is 0 Å². The summed E-state index contributed by atoms with van der Waals surface area (Å²) in [6, 6.07) is 7.72. The van der Waals surface area contributed by atoms with E-state index in [1.165, 1.54) is 13.4 Å². The van der Waals surface area contributed by atoms with Crippen LogP contribution in [0.5, 0.6) is 5.75 Å². The van der Waals surface area contributed by atoms with Crippen LogP contribution in [0.1, 0.15) is 50.5 Å². The standard InChI is InChI=1S/C21H33BrO5S/c1-26-21(23)19(12-5-3-4-8-14-22)17-18-11-6-7-13-20(18)27-15-9-10-16-28(2,24)25/h6-7,11,13,19H,3-5,8-10,12,14-17H2,1-2H3. The number of carbonyl (C=O) groups is 1. The van der Waals surface area contributed by atoms with E-state index in [9.17, 15) is 13.2 Å². The number of carbonyl (C=O) groups excluding carboxylic acids is 1. The predicted molar refractivity (Wildman–Crippen MR) is 117 cm³/mol. The summed E-state index contributed by atoms with van der Waals surface area (Å²) in [7, 11) is -1.50. The number of sulfone groups is 1. The summed E-state index contributed by atoms with van der Waals surface area (Å²) in [5.74, 6) is 0.583. The minimum atomic E-state index is -2.93. The topological polar surface area (TPSA) is 69.7 Å². The number of esters is 1. The molecule has 0 saturated heterocycles. The molecule has 1 aromatic rings. The second-order valence-electron chi connectivity index (χ2n) is 7.11. The SMILES string of the molecule is COC(=O)C(CCCCCCBr)Cc1ccccc1OCCCCS(C)(=O)=O. The van der Waals surface area contributed by atoms with Crippen LogP contribution in [0.15, 0.2) is 24.3 Å². The minimum Gasteiger partial charge on any atom is -0.493 e. The van der Waals surface area contributed by atoms with Crippen LogP contribution < -0.4 is 4.74 Å². The fraction of sp³-hybridized carbons (Fsp3) is 0.667. The Balaban J connectivity index is 2.59. The number of hydrogen-bond donors (Lipinski definition) is 0. The normalized spacial score (nSPS) is 12.5. The predicted octanol–water partition coefficient (Wildman–Crippen LogP) is 4.57. The van der Waals surface area contributed by atoms with Crippen molar-refractivity contribution < 1.29 is 22.7 Å². The number of ether oxygens (including phenoxy) is 2. The molecule has 0 amide bonds. The first-order chi connectivity index (χ1) is 13.4. The highest BCUT2D eigenvalue weighted by Crippen LogP contribution is 2.25. The van der Waals surface area contributed by atoms with E-state index in [1.807, 2.05) is 24.3 Å². The monoisotopic (exact) mass is 476 g/mol. The minimum absolute atomic E-state index is 0.177. The number of hydrogen-bond acceptors (Lipinski definition) is 5. The molecule has 1 atom stereocenters. The molecule has 0 aliphatic rings. The van der Waals surface area contributed by atoms with Gasteiger partial charge in [0.05, 0.1) is 25.4 Å². The van der Waals surface area contributed by atoms with Crippen LogP contribution in [0, 0.1) is 5.92 Å². The average molecular weight is 477 g/mol. The lowest BCUT2D eigenvalue weighted by Gasteiger charge is -2.17. The van der Waals surface area contributed by atoms with E-state index < -0.39 is 9.84 Å². The van der Waals surface area contributed by atoms with E-state index in [-0.39, 0.29) is 17.6 Å². The van der Waals surface area contributed by atoms with Crippen molar-refractivity contribution in [3.8, 4) is 5.75 Å². The summed E-state index contributed by atoms with van der Waals surface area (Å²) >= 11 is 3.44. The van der Waals surface area contributed by atoms with Crippen LogP contribution in [0.3, 0.4) is 0 Å². The van der Waals surface area contributed by atoms with E-state index in [2.05, 4.69) is 15.9 Å². The molecule has 160 valence electrons. The zero-order chi connectivity index (χ0) is 20.8. The van der Waals surface area contributed by atoms with E-state index in [4.69, 9.17) is 9.47 Å². The van der Waals surface area contributed by atoms with Crippen LogP contribution in [-0.2, 0) is 25.8 Å². The van der Waals surface area contributed by atoms with Crippen molar-refractivity contribution in [2.75, 3.05) is 31.1 Å². The van der Waals surface area contributed by atoms with Gasteiger partial charge in [-0.3, -0.25) is 4.79 Å². The molecule has 0 aliphatic heterocycles. The van der Waals surface area contributed by atoms with Crippen molar-refractivity contribution in [1.82, 2.24) is 0 Å². The van der Waals surface area contributed by atoms with Gasteiger partial charge in [0.25, 0.3) is 0 Å². The Bertz CT molecular complexity index is 675. The van der Waals surface area contributed by atoms with Gasteiger partial charge in [-0.05, 0) is 43.7 Å². The maximum atomic E-state index is 12.2. The molecule has 0 radical (unpaired) electrons. The molecule has 0 aliphatic carbocycles. The highest BCUT2D eigenvalue weighted by molar-refractivity contribution is 9.09. The van der Waals surface area contributed by atoms with Gasteiger partial charge in [-0.15, -0.1) is 0 Å². The quantitative estimate of drug-likeness (QED) is 0.210. The van der Waals surface area contributed by atoms with Crippen molar-refractivity contribution in [3.05, 3.63) is 29.8 Å². The summed E-state index contributed by atoms with van der Waals surface area (Å²) in [4.78, 5) is 12.2. The first kappa shape index (κ1) is 25.0. The van der Waals surface area contributed by atoms with Crippen LogP contribution in [0.4, 0.5) is 0 Å². The molecule has 0 spiro atoms. The Kier molecular flexibility index (Phi) is 12.5. The highest BCUT2D eigenvalue weighted by atomic mass is 79.9. The zero-order valence-corrected chi connectivity index (χ0v) is 19.4. The van der Waals surface area contributed by atoms with Crippen molar-refractivity contribution >= 4 is 31.7 Å². The Hall–Kier alpha value is -1.08. The van der Waals surface area contributed by atoms with Crippen LogP contribution in [0.25, 0.3) is 0 Å². The summed E-state index contributed by atoms with van der Waals surface area (Å²) < 4.78 is 33.3. The molecule has 1 rings (SSSR count). The van der Waals surface area contributed by atoms with Crippen molar-refractivity contribution in [2.45, 2.75) is 51.4 Å². The third-order valence-corrected chi connectivity index (χ3v) is 6.17. The van der Waals surface area contributed by atoms with Gasteiger partial charge in [0.15, 0.2) is 0 Å². The number of unbranched alkanes of at least 4 members (excludes halogenated alkanes) is 4. The average Bonchev–Trinajstić information content (AvgIpc) is 2.66. The molecule has 0 N–H and O–H groups in total. The molecule has 0 bridgehead atoms. The van der Waals surface area contributed by atoms with Crippen molar-refractivity contribution in [1.29, 1.82) is 0 Å². The molecule has 0 aromatic heterocycles. The fourth-order valence-corrected chi connectivity index (χ4v) is 4.16. The molecule has 5 nitrogen and oxygen atoms in total. The Labute approximate surface area is 178 Å². The van der Waals surface area contributed by atoms with Gasteiger partial charge in [-0.1, -0.05) is 53.4 Å². The summed E-state index contributed by atoms with van der Waals surface area (Å²) in [5.41, 5.74) is 0.987. The third kappa shape index (κ3) is 11.1. The molecule has 1 aromatic carbocycles. The van der Waals surface area contributed by atoms with Gasteiger partial charge in [-0.2, -0.15) is 0 Å². The Morgan fingerprint density at radius 1 is 1.07 bits per heavy atom. The number of rotatable bonds is 15. The number of alkyl halides is 1. The first-order valence-electron chi connectivity index (χ1n) is 9.89. The number of para-hydroxylation sites is 1. The van der Waals surface area contributed by atoms with E-state index in [0.717, 1.165) is 48.7 Å². The fourth-order valence-electron chi connectivity index (χ4n) is 3.04. The lowest BCUT2D eigenvalue weighted by molar-refractivity contribution is -0.145. The molecule has 7 heteroatoms. The summed E-state index contributed by atoms with van der Waals surface area (Å²) in [6.45, 7) is 0.460. The van der Waals surface area contributed by atoms with Crippen LogP contribution in [0.2, 0.25) is 0 Å². The van der Waals surface area contributed by atoms with Crippen LogP contribution in [-0.4, -0.2) is 45.4 Å². The van der Waals surface area contributed by atoms with Gasteiger partial charge in [0.2, 0.25) is 0 Å². The molecule has 0 saturated carbocycles. The van der Waals surface area contributed by atoms with Gasteiger partial charge < -0.3 is 9.47 Å². The molecular formula is C21H33BrO5S. The lowest BCUT2D eigenvalue weighted by atomic mass is 9.93. The lowest BCUT2D eigenvalue weighted by Crippen LogP contribution is -2.19. The first-order valence-corrected chi connectivity index (χ1v) is 13.1. The highest BCUT2D eigenvalue weighted by Gasteiger charge is 2.21. The number of halogens is 1. The van der Waals surface area contributed by atoms with Gasteiger partial charge in [0.1, 0.15) is 15.6 Å². The Morgan fingerprint density at radius 2 is 1.79 bits per heavy atom. The second kappa shape index (κ2) is 14.0. The van der Waals surface area contributed by atoms with E-state index in [0.29, 0.717) is 25.9 Å². The summed E-state index contributed by atoms with van der Waals surface area (Å²) in [6.07, 6.45) is 8.32. The van der Waals surface area contributed by atoms with Crippen molar-refractivity contribution in [2.24, 2.45) is 5.92 Å². The largest absolute Gasteiger partial charge is 0.493 e. The maximum Gasteiger partial charge on any atom is 0.308 e. The van der Waals surface area contributed by atoms with Crippen LogP contribution >= 0.6 is 15.9 Å². The van der Waals surface area contributed by atoms with Gasteiger partial charge >= 0.3 is 5.97 Å². The molecule has 0 heterocycles. The molecule has 0 fully saturated rings. The smallest absolute Gasteiger partial charge is 0.308 e. The second-order valence-corrected chi connectivity index (χ2v) is 10.2. The zero-order valence-electron chi connectivity index (χ0n) is 17.0. The molecule has 28 heavy (non-hydrogen) atoms. The van der Waals surface area contributed by atoms with E-state index in [1.54, 1.807) is 0 Å². The number of methoxy groups -OCH3 is 1. The number of benzene rings is 1. The summed E-state index contributed by atoms with van der Waals surface area (Å²) in [5, 5.41) is 1.02. The Morgan fingerprint density at radius 3 is 2.46 bits per heavy atom. The molecular weight excluding hydrogens is 444 g/mol. The third-order valence-electron chi connectivity index (χ3n) is 4.58. The van der Waals surface area contributed by atoms with Crippen molar-refractivity contribution in [3.63, 3.8) is 0 Å². The van der Waals surface area contributed by atoms with Gasteiger partial charge in [0, 0.05) is 11.6 Å². The van der Waals surface area contributed by atoms with Gasteiger partial charge in [-0.25, -0.2) is 8.42 Å². The maximum absolute atomic E-state index is 12.2.